The number of sulfonamides is 1. The highest BCUT2D eigenvalue weighted by Crippen LogP contribution is 2.10. The van der Waals surface area contributed by atoms with E-state index in [4.69, 9.17) is 0 Å². The standard InChI is InChI=1S/C5H11NO2S.C2H6/c1-9(7,8)6-4-2-3-5-6;1-2/h2-5H2,1H3;1-2H3. The first-order valence-electron chi connectivity index (χ1n) is 4.06. The molecule has 1 rings (SSSR count). The van der Waals surface area contributed by atoms with Gasteiger partial charge < -0.3 is 0 Å². The van der Waals surface area contributed by atoms with Crippen LogP contribution in [0.15, 0.2) is 0 Å². The van der Waals surface area contributed by atoms with Crippen LogP contribution in [-0.2, 0) is 10.0 Å². The predicted octanol–water partition coefficient (Wildman–Crippen LogP) is 1.07. The van der Waals surface area contributed by atoms with Gasteiger partial charge in [0.05, 0.1) is 6.26 Å². The SMILES string of the molecule is CC.CS(=O)(=O)N1CCCC1. The van der Waals surface area contributed by atoms with Gasteiger partial charge in [0.2, 0.25) is 10.0 Å². The van der Waals surface area contributed by atoms with Crippen LogP contribution in [0.1, 0.15) is 26.7 Å². The van der Waals surface area contributed by atoms with Gasteiger partial charge in [0.15, 0.2) is 0 Å². The number of hydrogen-bond donors (Lipinski definition) is 0. The highest BCUT2D eigenvalue weighted by atomic mass is 32.2. The van der Waals surface area contributed by atoms with Gasteiger partial charge in [-0.1, -0.05) is 13.8 Å². The molecule has 1 aliphatic heterocycles. The second-order valence-electron chi connectivity index (χ2n) is 2.37. The fourth-order valence-corrected chi connectivity index (χ4v) is 1.94. The van der Waals surface area contributed by atoms with E-state index in [1.165, 1.54) is 10.6 Å². The second-order valence-corrected chi connectivity index (χ2v) is 4.35. The fraction of sp³-hybridized carbons (Fsp3) is 1.00. The van der Waals surface area contributed by atoms with Gasteiger partial charge in [-0.3, -0.25) is 0 Å². The summed E-state index contributed by atoms with van der Waals surface area (Å²) in [6.45, 7) is 5.44. The summed E-state index contributed by atoms with van der Waals surface area (Å²) < 4.78 is 23.0. The molecule has 1 aliphatic rings. The summed E-state index contributed by atoms with van der Waals surface area (Å²) in [6.07, 6.45) is 3.30. The van der Waals surface area contributed by atoms with Crippen molar-refractivity contribution in [3.63, 3.8) is 0 Å². The van der Waals surface area contributed by atoms with Crippen LogP contribution < -0.4 is 0 Å². The smallest absolute Gasteiger partial charge is 0.211 e. The van der Waals surface area contributed by atoms with Crippen molar-refractivity contribution in [1.29, 1.82) is 0 Å². The molecule has 4 heteroatoms. The average Bonchev–Trinajstić information content (AvgIpc) is 2.40. The maximum atomic E-state index is 10.8. The summed E-state index contributed by atoms with van der Waals surface area (Å²) in [5, 5.41) is 0. The summed E-state index contributed by atoms with van der Waals surface area (Å²) in [7, 11) is -2.87. The lowest BCUT2D eigenvalue weighted by Gasteiger charge is -2.09. The van der Waals surface area contributed by atoms with Crippen molar-refractivity contribution in [2.45, 2.75) is 26.7 Å². The molecule has 1 saturated heterocycles. The molecule has 3 nitrogen and oxygen atoms in total. The monoisotopic (exact) mass is 179 g/mol. The second kappa shape index (κ2) is 4.72. The molecule has 11 heavy (non-hydrogen) atoms. The van der Waals surface area contributed by atoms with Gasteiger partial charge in [0.1, 0.15) is 0 Å². The lowest BCUT2D eigenvalue weighted by molar-refractivity contribution is 0.483. The van der Waals surface area contributed by atoms with Crippen LogP contribution in [0.4, 0.5) is 0 Å². The topological polar surface area (TPSA) is 37.4 Å². The van der Waals surface area contributed by atoms with Gasteiger partial charge in [-0.05, 0) is 12.8 Å². The first-order chi connectivity index (χ1) is 5.11. The fourth-order valence-electron chi connectivity index (χ4n) is 1.02. The Bertz CT molecular complexity index is 181. The van der Waals surface area contributed by atoms with Crippen molar-refractivity contribution in [2.24, 2.45) is 0 Å². The minimum absolute atomic E-state index is 0.721. The molecule has 0 aromatic heterocycles. The summed E-state index contributed by atoms with van der Waals surface area (Å²) in [6, 6.07) is 0. The minimum atomic E-state index is -2.87. The first kappa shape index (κ1) is 10.9. The lowest BCUT2D eigenvalue weighted by atomic mass is 10.4. The van der Waals surface area contributed by atoms with Crippen LogP contribution in [0.5, 0.6) is 0 Å². The third kappa shape index (κ3) is 3.72. The van der Waals surface area contributed by atoms with E-state index in [1.807, 2.05) is 13.8 Å². The summed E-state index contributed by atoms with van der Waals surface area (Å²) in [5.74, 6) is 0. The molecule has 0 aromatic carbocycles. The first-order valence-corrected chi connectivity index (χ1v) is 5.90. The summed E-state index contributed by atoms with van der Waals surface area (Å²) in [4.78, 5) is 0. The molecule has 0 amide bonds. The summed E-state index contributed by atoms with van der Waals surface area (Å²) in [5.41, 5.74) is 0. The highest BCUT2D eigenvalue weighted by Gasteiger charge is 2.19. The maximum Gasteiger partial charge on any atom is 0.211 e. The Morgan fingerprint density at radius 3 is 1.64 bits per heavy atom. The number of rotatable bonds is 1. The zero-order chi connectivity index (χ0) is 8.91. The minimum Gasteiger partial charge on any atom is -0.213 e. The van der Waals surface area contributed by atoms with E-state index in [0.717, 1.165) is 25.9 Å². The molecular formula is C7H17NO2S. The van der Waals surface area contributed by atoms with Crippen LogP contribution in [0.2, 0.25) is 0 Å². The Morgan fingerprint density at radius 2 is 1.45 bits per heavy atom. The quantitative estimate of drug-likeness (QED) is 0.604. The number of nitrogens with zero attached hydrogens (tertiary/aromatic N) is 1. The molecular weight excluding hydrogens is 162 g/mol. The van der Waals surface area contributed by atoms with Crippen LogP contribution in [0.25, 0.3) is 0 Å². The van der Waals surface area contributed by atoms with E-state index in [0.29, 0.717) is 0 Å². The van der Waals surface area contributed by atoms with Crippen molar-refractivity contribution in [2.75, 3.05) is 19.3 Å². The Hall–Kier alpha value is -0.0900. The molecule has 0 radical (unpaired) electrons. The number of hydrogen-bond acceptors (Lipinski definition) is 2. The van der Waals surface area contributed by atoms with Crippen molar-refractivity contribution in [1.82, 2.24) is 4.31 Å². The molecule has 0 N–H and O–H groups in total. The third-order valence-electron chi connectivity index (χ3n) is 1.53. The van der Waals surface area contributed by atoms with Gasteiger partial charge >= 0.3 is 0 Å². The van der Waals surface area contributed by atoms with Gasteiger partial charge in [-0.25, -0.2) is 12.7 Å². The van der Waals surface area contributed by atoms with Crippen molar-refractivity contribution in [3.05, 3.63) is 0 Å². The van der Waals surface area contributed by atoms with E-state index in [2.05, 4.69) is 0 Å². The predicted molar refractivity (Wildman–Crippen MR) is 47.0 cm³/mol. The Labute approximate surface area is 69.4 Å². The van der Waals surface area contributed by atoms with E-state index < -0.39 is 10.0 Å². The highest BCUT2D eigenvalue weighted by molar-refractivity contribution is 7.88. The Balaban J connectivity index is 0.000000461. The largest absolute Gasteiger partial charge is 0.213 e. The van der Waals surface area contributed by atoms with E-state index in [-0.39, 0.29) is 0 Å². The van der Waals surface area contributed by atoms with Gasteiger partial charge in [-0.15, -0.1) is 0 Å². The van der Waals surface area contributed by atoms with E-state index in [9.17, 15) is 8.42 Å². The molecule has 1 heterocycles. The zero-order valence-electron chi connectivity index (χ0n) is 7.50. The molecule has 1 fully saturated rings. The van der Waals surface area contributed by atoms with Crippen LogP contribution in [0.3, 0.4) is 0 Å². The zero-order valence-corrected chi connectivity index (χ0v) is 8.32. The molecule has 0 atom stereocenters. The van der Waals surface area contributed by atoms with E-state index in [1.54, 1.807) is 0 Å². The normalized spacial score (nSPS) is 19.2. The van der Waals surface area contributed by atoms with Crippen molar-refractivity contribution < 1.29 is 8.42 Å². The van der Waals surface area contributed by atoms with Gasteiger partial charge in [0.25, 0.3) is 0 Å². The van der Waals surface area contributed by atoms with Gasteiger partial charge in [0, 0.05) is 13.1 Å². The maximum absolute atomic E-state index is 10.8. The van der Waals surface area contributed by atoms with Crippen LogP contribution in [0, 0.1) is 0 Å². The van der Waals surface area contributed by atoms with Gasteiger partial charge in [-0.2, -0.15) is 0 Å². The molecule has 0 aromatic rings. The molecule has 0 saturated carbocycles. The Morgan fingerprint density at radius 1 is 1.09 bits per heavy atom. The van der Waals surface area contributed by atoms with Crippen molar-refractivity contribution in [3.8, 4) is 0 Å². The van der Waals surface area contributed by atoms with Crippen molar-refractivity contribution >= 4 is 10.0 Å². The molecule has 0 bridgehead atoms. The summed E-state index contributed by atoms with van der Waals surface area (Å²) >= 11 is 0. The molecule has 0 unspecified atom stereocenters. The van der Waals surface area contributed by atoms with E-state index >= 15 is 0 Å². The molecule has 68 valence electrons. The van der Waals surface area contributed by atoms with Crippen LogP contribution in [-0.4, -0.2) is 32.1 Å². The lowest BCUT2D eigenvalue weighted by Crippen LogP contribution is -2.26. The third-order valence-corrected chi connectivity index (χ3v) is 2.84. The van der Waals surface area contributed by atoms with Crippen LogP contribution >= 0.6 is 0 Å². The molecule has 0 spiro atoms. The molecule has 0 aliphatic carbocycles. The average molecular weight is 179 g/mol. The Kier molecular flexibility index (Phi) is 4.68.